The Kier molecular flexibility index (Phi) is 6.17. The minimum absolute atomic E-state index is 0.362. The molecule has 1 aromatic rings. The number of nitrogens with one attached hydrogen (secondary N) is 1. The Bertz CT molecular complexity index is 516. The van der Waals surface area contributed by atoms with Gasteiger partial charge in [0, 0.05) is 25.2 Å². The molecule has 1 N–H and O–H groups in total. The van der Waals surface area contributed by atoms with Gasteiger partial charge >= 0.3 is 0 Å². The van der Waals surface area contributed by atoms with E-state index in [1.165, 1.54) is 0 Å². The summed E-state index contributed by atoms with van der Waals surface area (Å²) < 4.78 is 27.2. The van der Waals surface area contributed by atoms with E-state index in [0.717, 1.165) is 5.56 Å². The van der Waals surface area contributed by atoms with Crippen LogP contribution in [0, 0.1) is 6.92 Å². The Morgan fingerprint density at radius 2 is 1.65 bits per heavy atom. The molecule has 0 unspecified atom stereocenters. The van der Waals surface area contributed by atoms with E-state index in [0.29, 0.717) is 30.1 Å². The van der Waals surface area contributed by atoms with Gasteiger partial charge in [0.1, 0.15) is 0 Å². The summed E-state index contributed by atoms with van der Waals surface area (Å²) in [6, 6.07) is 7.84. The van der Waals surface area contributed by atoms with Gasteiger partial charge in [-0.3, -0.25) is 4.90 Å². The van der Waals surface area contributed by atoms with Crippen molar-refractivity contribution in [3.63, 3.8) is 0 Å². The SMILES string of the molecule is Cc1ccccc1S(=O)(=O)NCCN(C(C)C)C(C)C. The first kappa shape index (κ1) is 17.1. The normalized spacial score (nSPS) is 12.6. The Balaban J connectivity index is 2.68. The molecule has 0 bridgehead atoms. The van der Waals surface area contributed by atoms with Crippen LogP contribution in [-0.4, -0.2) is 38.5 Å². The average molecular weight is 298 g/mol. The molecule has 5 heteroatoms. The predicted molar refractivity (Wildman–Crippen MR) is 83.3 cm³/mol. The van der Waals surface area contributed by atoms with Crippen molar-refractivity contribution in [3.05, 3.63) is 29.8 Å². The van der Waals surface area contributed by atoms with Crippen molar-refractivity contribution < 1.29 is 8.42 Å². The zero-order valence-corrected chi connectivity index (χ0v) is 13.9. The molecule has 0 aliphatic heterocycles. The molecule has 4 nitrogen and oxygen atoms in total. The fraction of sp³-hybridized carbons (Fsp3) is 0.600. The number of benzene rings is 1. The van der Waals surface area contributed by atoms with Crippen LogP contribution in [-0.2, 0) is 10.0 Å². The van der Waals surface area contributed by atoms with Gasteiger partial charge in [-0.25, -0.2) is 13.1 Å². The minimum Gasteiger partial charge on any atom is -0.297 e. The van der Waals surface area contributed by atoms with E-state index in [-0.39, 0.29) is 0 Å². The molecule has 20 heavy (non-hydrogen) atoms. The molecular weight excluding hydrogens is 272 g/mol. The number of aryl methyl sites for hydroxylation is 1. The van der Waals surface area contributed by atoms with Gasteiger partial charge in [-0.15, -0.1) is 0 Å². The lowest BCUT2D eigenvalue weighted by Crippen LogP contribution is -2.42. The van der Waals surface area contributed by atoms with Crippen LogP contribution in [0.25, 0.3) is 0 Å². The van der Waals surface area contributed by atoms with Crippen LogP contribution in [0.3, 0.4) is 0 Å². The molecule has 0 saturated heterocycles. The summed E-state index contributed by atoms with van der Waals surface area (Å²) in [6.07, 6.45) is 0. The molecule has 0 aromatic heterocycles. The third kappa shape index (κ3) is 4.58. The molecule has 1 aromatic carbocycles. The number of hydrogen-bond donors (Lipinski definition) is 1. The van der Waals surface area contributed by atoms with Crippen LogP contribution in [0.5, 0.6) is 0 Å². The van der Waals surface area contributed by atoms with Gasteiger partial charge in [0.25, 0.3) is 0 Å². The molecular formula is C15H26N2O2S. The number of hydrogen-bond acceptors (Lipinski definition) is 3. The Morgan fingerprint density at radius 1 is 1.10 bits per heavy atom. The molecule has 0 fully saturated rings. The maximum Gasteiger partial charge on any atom is 0.240 e. The highest BCUT2D eigenvalue weighted by molar-refractivity contribution is 7.89. The van der Waals surface area contributed by atoms with Gasteiger partial charge in [-0.2, -0.15) is 0 Å². The monoisotopic (exact) mass is 298 g/mol. The summed E-state index contributed by atoms with van der Waals surface area (Å²) in [5.41, 5.74) is 0.768. The summed E-state index contributed by atoms with van der Waals surface area (Å²) >= 11 is 0. The average Bonchev–Trinajstić information content (AvgIpc) is 2.34. The van der Waals surface area contributed by atoms with E-state index in [1.54, 1.807) is 12.1 Å². The third-order valence-corrected chi connectivity index (χ3v) is 4.99. The maximum absolute atomic E-state index is 12.2. The Labute approximate surface area is 123 Å². The van der Waals surface area contributed by atoms with Crippen molar-refractivity contribution in [1.82, 2.24) is 9.62 Å². The lowest BCUT2D eigenvalue weighted by Gasteiger charge is -2.30. The molecule has 0 heterocycles. The van der Waals surface area contributed by atoms with Crippen LogP contribution in [0.4, 0.5) is 0 Å². The Morgan fingerprint density at radius 3 is 2.15 bits per heavy atom. The van der Waals surface area contributed by atoms with Crippen molar-refractivity contribution in [2.75, 3.05) is 13.1 Å². The van der Waals surface area contributed by atoms with E-state index in [2.05, 4.69) is 37.3 Å². The first-order valence-corrected chi connectivity index (χ1v) is 8.55. The second kappa shape index (κ2) is 7.20. The fourth-order valence-electron chi connectivity index (χ4n) is 2.36. The van der Waals surface area contributed by atoms with Crippen LogP contribution < -0.4 is 4.72 Å². The first-order valence-electron chi connectivity index (χ1n) is 7.06. The number of nitrogens with zero attached hydrogens (tertiary/aromatic N) is 1. The molecule has 114 valence electrons. The zero-order chi connectivity index (χ0) is 15.3. The zero-order valence-electron chi connectivity index (χ0n) is 13.1. The second-order valence-electron chi connectivity index (χ2n) is 5.59. The highest BCUT2D eigenvalue weighted by Crippen LogP contribution is 2.13. The lowest BCUT2D eigenvalue weighted by atomic mass is 10.2. The van der Waals surface area contributed by atoms with Gasteiger partial charge in [0.2, 0.25) is 10.0 Å². The first-order chi connectivity index (χ1) is 9.25. The molecule has 0 aliphatic carbocycles. The van der Waals surface area contributed by atoms with Crippen LogP contribution in [0.15, 0.2) is 29.2 Å². The van der Waals surface area contributed by atoms with E-state index in [9.17, 15) is 8.42 Å². The van der Waals surface area contributed by atoms with E-state index in [4.69, 9.17) is 0 Å². The molecule has 0 amide bonds. The van der Waals surface area contributed by atoms with Gasteiger partial charge < -0.3 is 0 Å². The Hall–Kier alpha value is -0.910. The van der Waals surface area contributed by atoms with Gasteiger partial charge in [-0.1, -0.05) is 18.2 Å². The van der Waals surface area contributed by atoms with Crippen LogP contribution in [0.2, 0.25) is 0 Å². The van der Waals surface area contributed by atoms with E-state index >= 15 is 0 Å². The standard InChI is InChI=1S/C15H26N2O2S/c1-12(2)17(13(3)4)11-10-16-20(18,19)15-9-7-6-8-14(15)5/h6-9,12-13,16H,10-11H2,1-5H3. The summed E-state index contributed by atoms with van der Waals surface area (Å²) in [7, 11) is -3.41. The quantitative estimate of drug-likeness (QED) is 0.841. The topological polar surface area (TPSA) is 49.4 Å². The summed E-state index contributed by atoms with van der Waals surface area (Å²) in [5, 5.41) is 0. The molecule has 0 radical (unpaired) electrons. The van der Waals surface area contributed by atoms with Gasteiger partial charge in [0.05, 0.1) is 4.90 Å². The molecule has 1 rings (SSSR count). The lowest BCUT2D eigenvalue weighted by molar-refractivity contribution is 0.179. The summed E-state index contributed by atoms with van der Waals surface area (Å²) in [6.45, 7) is 11.4. The number of rotatable bonds is 7. The van der Waals surface area contributed by atoms with Crippen LogP contribution >= 0.6 is 0 Å². The maximum atomic E-state index is 12.2. The number of sulfonamides is 1. The van der Waals surface area contributed by atoms with Crippen molar-refractivity contribution in [1.29, 1.82) is 0 Å². The summed E-state index contributed by atoms with van der Waals surface area (Å²) in [4.78, 5) is 2.63. The van der Waals surface area contributed by atoms with Crippen molar-refractivity contribution in [2.24, 2.45) is 0 Å². The molecule has 0 atom stereocenters. The highest BCUT2D eigenvalue weighted by Gasteiger charge is 2.18. The molecule has 0 saturated carbocycles. The van der Waals surface area contributed by atoms with Gasteiger partial charge in [-0.05, 0) is 46.2 Å². The minimum atomic E-state index is -3.41. The van der Waals surface area contributed by atoms with Crippen molar-refractivity contribution in [2.45, 2.75) is 51.6 Å². The largest absolute Gasteiger partial charge is 0.297 e. The van der Waals surface area contributed by atoms with Gasteiger partial charge in [0.15, 0.2) is 0 Å². The second-order valence-corrected chi connectivity index (χ2v) is 7.32. The smallest absolute Gasteiger partial charge is 0.240 e. The predicted octanol–water partition coefficient (Wildman–Crippen LogP) is 2.39. The molecule has 0 aliphatic rings. The van der Waals surface area contributed by atoms with Crippen molar-refractivity contribution in [3.8, 4) is 0 Å². The van der Waals surface area contributed by atoms with Crippen LogP contribution in [0.1, 0.15) is 33.3 Å². The van der Waals surface area contributed by atoms with E-state index < -0.39 is 10.0 Å². The third-order valence-electron chi connectivity index (χ3n) is 3.37. The highest BCUT2D eigenvalue weighted by atomic mass is 32.2. The fourth-order valence-corrected chi connectivity index (χ4v) is 3.62. The van der Waals surface area contributed by atoms with Crippen molar-refractivity contribution >= 4 is 10.0 Å². The van der Waals surface area contributed by atoms with E-state index in [1.807, 2.05) is 19.1 Å². The summed E-state index contributed by atoms with van der Waals surface area (Å²) in [5.74, 6) is 0. The molecule has 0 spiro atoms.